The van der Waals surface area contributed by atoms with E-state index < -0.39 is 9.84 Å². The fourth-order valence-electron chi connectivity index (χ4n) is 2.93. The third kappa shape index (κ3) is 3.55. The van der Waals surface area contributed by atoms with Gasteiger partial charge in [0.15, 0.2) is 15.0 Å². The molecule has 2 aliphatic heterocycles. The molecule has 0 spiro atoms. The molecule has 0 bridgehead atoms. The largest absolute Gasteiger partial charge is 0.497 e. The number of ether oxygens (including phenoxy) is 1. The van der Waals surface area contributed by atoms with Crippen LogP contribution in [-0.2, 0) is 15.6 Å². The molecule has 0 aliphatic carbocycles. The summed E-state index contributed by atoms with van der Waals surface area (Å²) in [4.78, 5) is 6.73. The van der Waals surface area contributed by atoms with Crippen LogP contribution in [0.4, 0.5) is 0 Å². The second-order valence-corrected chi connectivity index (χ2v) is 8.80. The lowest BCUT2D eigenvalue weighted by molar-refractivity contribution is 0.379. The highest BCUT2D eigenvalue weighted by molar-refractivity contribution is 8.13. The third-order valence-corrected chi connectivity index (χ3v) is 6.84. The van der Waals surface area contributed by atoms with Gasteiger partial charge in [-0.2, -0.15) is 0 Å². The van der Waals surface area contributed by atoms with E-state index in [1.165, 1.54) is 5.56 Å². The average Bonchev–Trinajstić information content (AvgIpc) is 2.99. The number of hydrogen-bond acceptors (Lipinski definition) is 6. The summed E-state index contributed by atoms with van der Waals surface area (Å²) in [6.07, 6.45) is 1.80. The highest BCUT2D eigenvalue weighted by Gasteiger charge is 2.45. The quantitative estimate of drug-likeness (QED) is 0.758. The van der Waals surface area contributed by atoms with Crippen molar-refractivity contribution in [3.05, 3.63) is 42.5 Å². The van der Waals surface area contributed by atoms with Crippen LogP contribution in [0.2, 0.25) is 0 Å². The molecule has 2 atom stereocenters. The number of nitrogens with zero attached hydrogens (tertiary/aromatic N) is 2. The summed E-state index contributed by atoms with van der Waals surface area (Å²) in [5.74, 6) is 1.99. The first-order valence-electron chi connectivity index (χ1n) is 7.44. The van der Waals surface area contributed by atoms with Crippen LogP contribution in [0, 0.1) is 0 Å². The monoisotopic (exact) mass is 352 g/mol. The van der Waals surface area contributed by atoms with Crippen LogP contribution in [0.1, 0.15) is 5.56 Å². The highest BCUT2D eigenvalue weighted by Crippen LogP contribution is 2.32. The van der Waals surface area contributed by atoms with Crippen molar-refractivity contribution < 1.29 is 13.2 Å². The van der Waals surface area contributed by atoms with Gasteiger partial charge in [0.05, 0.1) is 30.7 Å². The van der Waals surface area contributed by atoms with Gasteiger partial charge in [0.1, 0.15) is 5.75 Å². The standard InChI is InChI=1S/C16H20N2O3S2/c1-3-8-18-15-11-23(19,20)10-14(15)17-16(18)22-9-12-4-6-13(21-2)7-5-12/h3-7,14-15H,1,8-11H2,2H3/t14-,15-/m0/s1. The maximum absolute atomic E-state index is 11.8. The van der Waals surface area contributed by atoms with E-state index in [2.05, 4.69) is 16.5 Å². The van der Waals surface area contributed by atoms with E-state index >= 15 is 0 Å². The molecular formula is C16H20N2O3S2. The molecule has 2 aliphatic rings. The molecule has 124 valence electrons. The van der Waals surface area contributed by atoms with Crippen LogP contribution in [0.15, 0.2) is 41.9 Å². The fourth-order valence-corrected chi connectivity index (χ4v) is 5.88. The Morgan fingerprint density at radius 3 is 2.78 bits per heavy atom. The molecule has 0 N–H and O–H groups in total. The summed E-state index contributed by atoms with van der Waals surface area (Å²) >= 11 is 1.65. The van der Waals surface area contributed by atoms with Crippen molar-refractivity contribution in [3.8, 4) is 5.75 Å². The summed E-state index contributed by atoms with van der Waals surface area (Å²) in [5.41, 5.74) is 1.18. The van der Waals surface area contributed by atoms with Gasteiger partial charge in [-0.25, -0.2) is 8.42 Å². The van der Waals surface area contributed by atoms with Crippen molar-refractivity contribution in [2.24, 2.45) is 4.99 Å². The highest BCUT2D eigenvalue weighted by atomic mass is 32.2. The van der Waals surface area contributed by atoms with E-state index in [0.29, 0.717) is 6.54 Å². The number of amidine groups is 1. The molecule has 3 rings (SSSR count). The topological polar surface area (TPSA) is 59.0 Å². The van der Waals surface area contributed by atoms with Gasteiger partial charge in [-0.15, -0.1) is 6.58 Å². The normalized spacial score (nSPS) is 25.1. The van der Waals surface area contributed by atoms with Gasteiger partial charge in [0, 0.05) is 12.3 Å². The molecule has 1 aromatic rings. The van der Waals surface area contributed by atoms with Gasteiger partial charge in [0.2, 0.25) is 0 Å². The van der Waals surface area contributed by atoms with Gasteiger partial charge in [-0.3, -0.25) is 4.99 Å². The Kier molecular flexibility index (Phi) is 4.68. The number of hydrogen-bond donors (Lipinski definition) is 0. The molecule has 0 unspecified atom stereocenters. The minimum Gasteiger partial charge on any atom is -0.497 e. The van der Waals surface area contributed by atoms with Gasteiger partial charge in [-0.1, -0.05) is 30.0 Å². The number of sulfone groups is 1. The van der Waals surface area contributed by atoms with E-state index in [9.17, 15) is 8.42 Å². The first kappa shape index (κ1) is 16.4. The van der Waals surface area contributed by atoms with Gasteiger partial charge >= 0.3 is 0 Å². The van der Waals surface area contributed by atoms with E-state index in [1.807, 2.05) is 24.3 Å². The minimum atomic E-state index is -2.96. The second kappa shape index (κ2) is 6.57. The molecular weight excluding hydrogens is 332 g/mol. The first-order valence-corrected chi connectivity index (χ1v) is 10.2. The van der Waals surface area contributed by atoms with Crippen LogP contribution in [0.25, 0.3) is 0 Å². The Balaban J connectivity index is 1.69. The number of fused-ring (bicyclic) bond motifs is 1. The zero-order valence-electron chi connectivity index (χ0n) is 13.0. The average molecular weight is 352 g/mol. The molecule has 0 aromatic heterocycles. The zero-order valence-corrected chi connectivity index (χ0v) is 14.6. The lowest BCUT2D eigenvalue weighted by atomic mass is 10.2. The third-order valence-electron chi connectivity index (χ3n) is 4.07. The summed E-state index contributed by atoms with van der Waals surface area (Å²) in [7, 11) is -1.31. The Morgan fingerprint density at radius 2 is 2.13 bits per heavy atom. The summed E-state index contributed by atoms with van der Waals surface area (Å²) in [5, 5.41) is 0.922. The van der Waals surface area contributed by atoms with Crippen LogP contribution >= 0.6 is 11.8 Å². The maximum atomic E-state index is 11.8. The summed E-state index contributed by atoms with van der Waals surface area (Å²) < 4.78 is 28.8. The lowest BCUT2D eigenvalue weighted by Gasteiger charge is -2.24. The zero-order chi connectivity index (χ0) is 16.4. The number of aliphatic imine (C=N–C) groups is 1. The fraction of sp³-hybridized carbons (Fsp3) is 0.438. The number of thioether (sulfide) groups is 1. The number of rotatable bonds is 5. The number of methoxy groups -OCH3 is 1. The predicted molar refractivity (Wildman–Crippen MR) is 94.9 cm³/mol. The molecule has 5 nitrogen and oxygen atoms in total. The second-order valence-electron chi connectivity index (χ2n) is 5.70. The van der Waals surface area contributed by atoms with Crippen molar-refractivity contribution in [1.29, 1.82) is 0 Å². The van der Waals surface area contributed by atoms with Crippen molar-refractivity contribution in [1.82, 2.24) is 4.90 Å². The molecule has 0 amide bonds. The lowest BCUT2D eigenvalue weighted by Crippen LogP contribution is -2.39. The van der Waals surface area contributed by atoms with Gasteiger partial charge < -0.3 is 9.64 Å². The molecule has 7 heteroatoms. The van der Waals surface area contributed by atoms with Gasteiger partial charge in [-0.05, 0) is 17.7 Å². The Hall–Kier alpha value is -1.47. The molecule has 2 heterocycles. The predicted octanol–water partition coefficient (Wildman–Crippen LogP) is 1.95. The van der Waals surface area contributed by atoms with Crippen LogP contribution < -0.4 is 4.74 Å². The van der Waals surface area contributed by atoms with Crippen molar-refractivity contribution in [3.63, 3.8) is 0 Å². The van der Waals surface area contributed by atoms with Crippen molar-refractivity contribution >= 4 is 26.8 Å². The van der Waals surface area contributed by atoms with Gasteiger partial charge in [0.25, 0.3) is 0 Å². The molecule has 1 saturated heterocycles. The SMILES string of the molecule is C=CCN1C(SCc2ccc(OC)cc2)=N[C@H]2CS(=O)(=O)C[C@@H]21. The van der Waals surface area contributed by atoms with Crippen LogP contribution in [0.3, 0.4) is 0 Å². The maximum Gasteiger partial charge on any atom is 0.160 e. The molecule has 1 fully saturated rings. The minimum absolute atomic E-state index is 0.0311. The number of benzene rings is 1. The smallest absolute Gasteiger partial charge is 0.160 e. The summed E-state index contributed by atoms with van der Waals surface area (Å²) in [6.45, 7) is 4.41. The van der Waals surface area contributed by atoms with E-state index in [0.717, 1.165) is 16.7 Å². The van der Waals surface area contributed by atoms with Crippen LogP contribution in [0.5, 0.6) is 5.75 Å². The Bertz CT molecular complexity index is 713. The van der Waals surface area contributed by atoms with E-state index in [4.69, 9.17) is 4.74 Å². The van der Waals surface area contributed by atoms with Crippen LogP contribution in [-0.4, -0.2) is 55.7 Å². The molecule has 1 aromatic carbocycles. The Morgan fingerprint density at radius 1 is 1.39 bits per heavy atom. The van der Waals surface area contributed by atoms with E-state index in [1.54, 1.807) is 24.9 Å². The summed E-state index contributed by atoms with van der Waals surface area (Å²) in [6, 6.07) is 7.79. The Labute approximate surface area is 141 Å². The van der Waals surface area contributed by atoms with Crippen molar-refractivity contribution in [2.45, 2.75) is 17.8 Å². The van der Waals surface area contributed by atoms with Crippen molar-refractivity contribution in [2.75, 3.05) is 25.2 Å². The first-order chi connectivity index (χ1) is 11.0. The molecule has 23 heavy (non-hydrogen) atoms. The molecule has 0 radical (unpaired) electrons. The molecule has 0 saturated carbocycles. The van der Waals surface area contributed by atoms with E-state index in [-0.39, 0.29) is 23.6 Å².